The third-order valence-electron chi connectivity index (χ3n) is 14.7. The maximum absolute atomic E-state index is 7.05. The first-order valence-electron chi connectivity index (χ1n) is 23.9. The fourth-order valence-electron chi connectivity index (χ4n) is 11.6. The highest BCUT2D eigenvalue weighted by molar-refractivity contribution is 5.59. The summed E-state index contributed by atoms with van der Waals surface area (Å²) in [5.41, 5.74) is 16.6. The highest BCUT2D eigenvalue weighted by Crippen LogP contribution is 2.58. The quantitative estimate of drug-likeness (QED) is 0.205. The average molecular weight is 811 g/mol. The van der Waals surface area contributed by atoms with Crippen LogP contribution in [-0.4, -0.2) is 52.9 Å². The highest BCUT2D eigenvalue weighted by atomic mass is 16.6. The molecule has 14 bridgehead atoms. The molecule has 2 saturated carbocycles. The third-order valence-corrected chi connectivity index (χ3v) is 14.7. The molecule has 0 saturated heterocycles. The number of hydrogen-bond donors (Lipinski definition) is 0. The van der Waals surface area contributed by atoms with Crippen LogP contribution in [0.1, 0.15) is 168 Å². The van der Waals surface area contributed by atoms with E-state index in [-0.39, 0.29) is 0 Å². The minimum Gasteiger partial charge on any atom is -0.493 e. The molecule has 0 N–H and O–H groups in total. The highest BCUT2D eigenvalue weighted by Gasteiger charge is 2.41. The van der Waals surface area contributed by atoms with Gasteiger partial charge in [0.15, 0.2) is 0 Å². The second-order valence-electron chi connectivity index (χ2n) is 18.5. The second kappa shape index (κ2) is 18.2. The van der Waals surface area contributed by atoms with Gasteiger partial charge in [-0.05, 0) is 181 Å². The normalized spacial score (nSPS) is 24.0. The first-order valence-corrected chi connectivity index (χ1v) is 23.9. The van der Waals surface area contributed by atoms with Gasteiger partial charge < -0.3 is 28.4 Å². The summed E-state index contributed by atoms with van der Waals surface area (Å²) in [5, 5.41) is 0. The van der Waals surface area contributed by atoms with Crippen LogP contribution in [0.25, 0.3) is 0 Å². The summed E-state index contributed by atoms with van der Waals surface area (Å²) < 4.78 is 40.1. The molecule has 2 fully saturated rings. The zero-order chi connectivity index (χ0) is 40.4. The van der Waals surface area contributed by atoms with Gasteiger partial charge in [-0.15, -0.1) is 0 Å². The van der Waals surface area contributed by atoms with Crippen molar-refractivity contribution in [3.63, 3.8) is 0 Å². The van der Waals surface area contributed by atoms with Crippen LogP contribution in [0.2, 0.25) is 0 Å². The van der Waals surface area contributed by atoms with Gasteiger partial charge in [0.1, 0.15) is 36.2 Å². The summed E-state index contributed by atoms with van der Waals surface area (Å²) in [6.45, 7) is 8.75. The van der Waals surface area contributed by atoms with Gasteiger partial charge >= 0.3 is 0 Å². The van der Waals surface area contributed by atoms with Gasteiger partial charge in [-0.25, -0.2) is 0 Å². The number of fused-ring (bicyclic) bond motifs is 6. The van der Waals surface area contributed by atoms with Crippen molar-refractivity contribution in [3.05, 3.63) is 115 Å². The summed E-state index contributed by atoms with van der Waals surface area (Å²) >= 11 is 0. The topological polar surface area (TPSA) is 55.4 Å². The van der Waals surface area contributed by atoms with E-state index in [0.29, 0.717) is 76.5 Å². The van der Waals surface area contributed by atoms with Crippen LogP contribution in [0.3, 0.4) is 0 Å². The largest absolute Gasteiger partial charge is 0.493 e. The fraction of sp³-hybridized carbons (Fsp3) is 0.556. The Labute approximate surface area is 358 Å². The van der Waals surface area contributed by atoms with E-state index in [4.69, 9.17) is 28.4 Å². The Hall–Kier alpha value is -4.00. The maximum atomic E-state index is 7.05. The minimum absolute atomic E-state index is 0.334. The molecule has 6 heteroatoms. The zero-order valence-electron chi connectivity index (χ0n) is 36.3. The standard InChI is InChI=1S/C54H66O6/c1-3-57-51-39-25-35-11-7-5-8-12-36-26-40(52(58-4-2)48(30-36)44-16-15-43(44)47(51)29-35)34-42-28-38-14-10-6-9-13-37-27-41(33-39)53-49(31-37)45-17-18-46(45)50(32-38)54(42)60-24-22-56-20-19-55-21-23-59-53/h25-32,43-46H,3-24,33-34H2,1-2H3. The smallest absolute Gasteiger partial charge is 0.126 e. The summed E-state index contributed by atoms with van der Waals surface area (Å²) in [7, 11) is 0. The van der Waals surface area contributed by atoms with Crippen LogP contribution in [0.4, 0.5) is 0 Å². The van der Waals surface area contributed by atoms with Gasteiger partial charge in [0.05, 0.1) is 39.6 Å². The van der Waals surface area contributed by atoms with Crippen molar-refractivity contribution in [2.45, 2.75) is 140 Å². The van der Waals surface area contributed by atoms with Crippen molar-refractivity contribution < 1.29 is 28.4 Å². The monoisotopic (exact) mass is 810 g/mol. The van der Waals surface area contributed by atoms with Crippen LogP contribution in [0.15, 0.2) is 48.5 Å². The third kappa shape index (κ3) is 8.08. The molecule has 10 rings (SSSR count). The van der Waals surface area contributed by atoms with Gasteiger partial charge in [-0.2, -0.15) is 0 Å². The number of benzene rings is 4. The molecule has 4 aromatic rings. The lowest BCUT2D eigenvalue weighted by Crippen LogP contribution is -2.26. The van der Waals surface area contributed by atoms with E-state index in [2.05, 4.69) is 62.4 Å². The molecule has 60 heavy (non-hydrogen) atoms. The lowest BCUT2D eigenvalue weighted by atomic mass is 9.64. The molecule has 6 aliphatic rings. The molecule has 0 spiro atoms. The van der Waals surface area contributed by atoms with Crippen LogP contribution < -0.4 is 18.9 Å². The molecular formula is C54H66O6. The first-order chi connectivity index (χ1) is 29.6. The van der Waals surface area contributed by atoms with E-state index in [0.717, 1.165) is 87.2 Å². The summed E-state index contributed by atoms with van der Waals surface area (Å²) in [4.78, 5) is 0. The van der Waals surface area contributed by atoms with Crippen LogP contribution >= 0.6 is 0 Å². The SMILES string of the molecule is CCOc1c2cc3cc1C1CCC1c1cc(cc(c1OCC)Cc1cc4cc5c1OCCOCCOCCOc1c(cc(cc1C1CCC51)CCCCC4)C2)CCCCC3. The Morgan fingerprint density at radius 1 is 0.417 bits per heavy atom. The molecule has 4 aromatic carbocycles. The van der Waals surface area contributed by atoms with Gasteiger partial charge in [0.2, 0.25) is 0 Å². The predicted molar refractivity (Wildman–Crippen MR) is 238 cm³/mol. The molecule has 1 heterocycles. The van der Waals surface area contributed by atoms with E-state index in [1.165, 1.54) is 105 Å². The van der Waals surface area contributed by atoms with Crippen molar-refractivity contribution in [2.75, 3.05) is 52.9 Å². The van der Waals surface area contributed by atoms with Crippen molar-refractivity contribution >= 4 is 0 Å². The Morgan fingerprint density at radius 2 is 0.767 bits per heavy atom. The molecule has 6 nitrogen and oxygen atoms in total. The number of aryl methyl sites for hydroxylation is 4. The van der Waals surface area contributed by atoms with E-state index in [1.807, 2.05) is 0 Å². The molecule has 318 valence electrons. The van der Waals surface area contributed by atoms with Crippen LogP contribution in [0, 0.1) is 0 Å². The number of rotatable bonds is 4. The summed E-state index contributed by atoms with van der Waals surface area (Å²) in [6.07, 6.45) is 17.7. The van der Waals surface area contributed by atoms with Gasteiger partial charge in [-0.3, -0.25) is 0 Å². The Balaban J connectivity index is 1.27. The van der Waals surface area contributed by atoms with Crippen molar-refractivity contribution in [2.24, 2.45) is 0 Å². The van der Waals surface area contributed by atoms with Gasteiger partial charge in [-0.1, -0.05) is 61.4 Å². The Kier molecular flexibility index (Phi) is 12.1. The minimum atomic E-state index is 0.334. The molecule has 4 atom stereocenters. The molecule has 0 amide bonds. The summed E-state index contributed by atoms with van der Waals surface area (Å²) in [5.74, 6) is 5.75. The maximum Gasteiger partial charge on any atom is 0.126 e. The molecular weight excluding hydrogens is 745 g/mol. The number of hydrogen-bond acceptors (Lipinski definition) is 6. The molecule has 5 aliphatic carbocycles. The summed E-state index contributed by atoms with van der Waals surface area (Å²) in [6, 6.07) is 20.2. The molecule has 1 aliphatic heterocycles. The lowest BCUT2D eigenvalue weighted by Gasteiger charge is -2.41. The Bertz CT molecular complexity index is 2020. The lowest BCUT2D eigenvalue weighted by molar-refractivity contribution is 0.0265. The predicted octanol–water partition coefficient (Wildman–Crippen LogP) is 11.6. The van der Waals surface area contributed by atoms with E-state index in [9.17, 15) is 0 Å². The van der Waals surface area contributed by atoms with E-state index >= 15 is 0 Å². The zero-order valence-corrected chi connectivity index (χ0v) is 36.3. The first kappa shape index (κ1) is 40.1. The molecule has 4 unspecified atom stereocenters. The Morgan fingerprint density at radius 3 is 1.15 bits per heavy atom. The van der Waals surface area contributed by atoms with Crippen molar-refractivity contribution in [1.82, 2.24) is 0 Å². The van der Waals surface area contributed by atoms with Crippen LogP contribution in [0.5, 0.6) is 23.0 Å². The van der Waals surface area contributed by atoms with Crippen LogP contribution in [-0.2, 0) is 48.0 Å². The second-order valence-corrected chi connectivity index (χ2v) is 18.5. The van der Waals surface area contributed by atoms with Crippen molar-refractivity contribution in [1.29, 1.82) is 0 Å². The number of ether oxygens (including phenoxy) is 6. The van der Waals surface area contributed by atoms with Gasteiger partial charge in [0.25, 0.3) is 0 Å². The van der Waals surface area contributed by atoms with E-state index in [1.54, 1.807) is 0 Å². The van der Waals surface area contributed by atoms with Crippen molar-refractivity contribution in [3.8, 4) is 23.0 Å². The molecule has 0 radical (unpaired) electrons. The fourth-order valence-corrected chi connectivity index (χ4v) is 11.6. The molecule has 0 aromatic heterocycles. The van der Waals surface area contributed by atoms with E-state index < -0.39 is 0 Å². The average Bonchev–Trinajstić information content (AvgIpc) is 3.21. The van der Waals surface area contributed by atoms with Gasteiger partial charge in [0, 0.05) is 12.8 Å².